The molecule has 5 heteroatoms. The van der Waals surface area contributed by atoms with Gasteiger partial charge in [0.1, 0.15) is 0 Å². The number of nitrogens with zero attached hydrogens (tertiary/aromatic N) is 3. The summed E-state index contributed by atoms with van der Waals surface area (Å²) in [7, 11) is 0. The highest BCUT2D eigenvalue weighted by molar-refractivity contribution is 5.26. The molecule has 0 aliphatic rings. The van der Waals surface area contributed by atoms with Crippen LogP contribution in [-0.4, -0.2) is 28.3 Å². The van der Waals surface area contributed by atoms with Crippen LogP contribution in [0.2, 0.25) is 0 Å². The molecule has 0 unspecified atom stereocenters. The Morgan fingerprint density at radius 2 is 1.88 bits per heavy atom. The van der Waals surface area contributed by atoms with Crippen LogP contribution in [0.5, 0.6) is 0 Å². The van der Waals surface area contributed by atoms with E-state index in [4.69, 9.17) is 5.73 Å². The van der Waals surface area contributed by atoms with Gasteiger partial charge in [0.15, 0.2) is 0 Å². The molecule has 0 atom stereocenters. The lowest BCUT2D eigenvalue weighted by Gasteiger charge is -2.05. The van der Waals surface area contributed by atoms with E-state index >= 15 is 0 Å². The summed E-state index contributed by atoms with van der Waals surface area (Å²) in [6, 6.07) is 0. The Morgan fingerprint density at radius 3 is 2.50 bits per heavy atom. The molecule has 0 aromatic carbocycles. The van der Waals surface area contributed by atoms with Gasteiger partial charge in [0, 0.05) is 13.1 Å². The summed E-state index contributed by atoms with van der Waals surface area (Å²) >= 11 is 0. The lowest BCUT2D eigenvalue weighted by atomic mass is 10.2. The van der Waals surface area contributed by atoms with E-state index in [1.807, 2.05) is 12.2 Å². The van der Waals surface area contributed by atoms with E-state index in [2.05, 4.69) is 34.3 Å². The predicted molar refractivity (Wildman–Crippen MR) is 65.3 cm³/mol. The molecule has 3 N–H and O–H groups in total. The Hall–Kier alpha value is -1.49. The Kier molecular flexibility index (Phi) is 5.42. The number of aromatic nitrogens is 3. The summed E-state index contributed by atoms with van der Waals surface area (Å²) in [5.74, 6) is 0.579. The number of nitrogens with one attached hydrogen (secondary N) is 1. The molecule has 0 amide bonds. The maximum absolute atomic E-state index is 5.33. The fraction of sp³-hybridized carbons (Fsp3) is 0.545. The molecule has 0 spiro atoms. The van der Waals surface area contributed by atoms with E-state index in [1.165, 1.54) is 0 Å². The molecule has 1 heterocycles. The average Bonchev–Trinajstić information content (AvgIpc) is 2.34. The minimum atomic E-state index is 0.551. The molecule has 0 radical (unpaired) electrons. The van der Waals surface area contributed by atoms with Crippen molar-refractivity contribution in [2.45, 2.75) is 26.7 Å². The fourth-order valence-electron chi connectivity index (χ4n) is 1.34. The Balaban J connectivity index is 2.64. The number of hydrogen-bond acceptors (Lipinski definition) is 5. The standard InChI is InChI=1S/C11H19N5/c1-3-9-10(4-2)15-16-11(14-9)13-8-6-5-7-12/h5-6H,3-4,7-8,12H2,1-2H3,(H,13,14,16)/b6-5+. The first-order chi connectivity index (χ1) is 7.81. The normalized spacial score (nSPS) is 10.9. The highest BCUT2D eigenvalue weighted by atomic mass is 15.2. The molecule has 88 valence electrons. The first-order valence-corrected chi connectivity index (χ1v) is 5.63. The topological polar surface area (TPSA) is 76.7 Å². The van der Waals surface area contributed by atoms with Gasteiger partial charge in [-0.2, -0.15) is 5.10 Å². The molecular weight excluding hydrogens is 202 g/mol. The number of aryl methyl sites for hydroxylation is 2. The molecule has 1 aromatic rings. The second kappa shape index (κ2) is 6.90. The smallest absolute Gasteiger partial charge is 0.243 e. The zero-order chi connectivity index (χ0) is 11.8. The van der Waals surface area contributed by atoms with Gasteiger partial charge in [0.2, 0.25) is 5.95 Å². The molecule has 0 saturated carbocycles. The summed E-state index contributed by atoms with van der Waals surface area (Å²) < 4.78 is 0. The van der Waals surface area contributed by atoms with E-state index in [-0.39, 0.29) is 0 Å². The number of anilines is 1. The van der Waals surface area contributed by atoms with Crippen LogP contribution in [-0.2, 0) is 12.8 Å². The molecule has 0 saturated heterocycles. The third kappa shape index (κ3) is 3.58. The fourth-order valence-corrected chi connectivity index (χ4v) is 1.34. The molecule has 1 rings (SSSR count). The summed E-state index contributed by atoms with van der Waals surface area (Å²) in [5, 5.41) is 11.2. The number of hydrogen-bond donors (Lipinski definition) is 2. The number of nitrogens with two attached hydrogens (primary N) is 1. The molecule has 1 aromatic heterocycles. The van der Waals surface area contributed by atoms with Crippen molar-refractivity contribution in [3.63, 3.8) is 0 Å². The molecule has 0 bridgehead atoms. The first kappa shape index (κ1) is 12.6. The Labute approximate surface area is 96.2 Å². The van der Waals surface area contributed by atoms with Crippen molar-refractivity contribution in [2.24, 2.45) is 5.73 Å². The summed E-state index contributed by atoms with van der Waals surface area (Å²) in [5.41, 5.74) is 7.33. The van der Waals surface area contributed by atoms with Crippen LogP contribution in [0.4, 0.5) is 5.95 Å². The molecule has 5 nitrogen and oxygen atoms in total. The van der Waals surface area contributed by atoms with Gasteiger partial charge in [-0.1, -0.05) is 26.0 Å². The van der Waals surface area contributed by atoms with Crippen molar-refractivity contribution < 1.29 is 0 Å². The number of rotatable bonds is 6. The van der Waals surface area contributed by atoms with Crippen molar-refractivity contribution in [1.82, 2.24) is 15.2 Å². The van der Waals surface area contributed by atoms with Gasteiger partial charge in [-0.15, -0.1) is 5.10 Å². The average molecular weight is 221 g/mol. The van der Waals surface area contributed by atoms with Crippen LogP contribution >= 0.6 is 0 Å². The summed E-state index contributed by atoms with van der Waals surface area (Å²) in [6.07, 6.45) is 5.59. The molecule has 0 aliphatic heterocycles. The van der Waals surface area contributed by atoms with Crippen molar-refractivity contribution in [2.75, 3.05) is 18.4 Å². The van der Waals surface area contributed by atoms with Gasteiger partial charge in [-0.25, -0.2) is 4.98 Å². The first-order valence-electron chi connectivity index (χ1n) is 5.63. The van der Waals surface area contributed by atoms with Crippen LogP contribution in [0.25, 0.3) is 0 Å². The van der Waals surface area contributed by atoms with E-state index in [1.54, 1.807) is 0 Å². The zero-order valence-corrected chi connectivity index (χ0v) is 9.90. The third-order valence-corrected chi connectivity index (χ3v) is 2.19. The van der Waals surface area contributed by atoms with E-state index in [9.17, 15) is 0 Å². The van der Waals surface area contributed by atoms with Crippen LogP contribution in [0.3, 0.4) is 0 Å². The highest BCUT2D eigenvalue weighted by Crippen LogP contribution is 2.06. The predicted octanol–water partition coefficient (Wildman–Crippen LogP) is 0.923. The summed E-state index contributed by atoms with van der Waals surface area (Å²) in [4.78, 5) is 4.41. The maximum Gasteiger partial charge on any atom is 0.243 e. The van der Waals surface area contributed by atoms with E-state index in [0.717, 1.165) is 24.2 Å². The maximum atomic E-state index is 5.33. The van der Waals surface area contributed by atoms with Crippen molar-refractivity contribution in [3.8, 4) is 0 Å². The third-order valence-electron chi connectivity index (χ3n) is 2.19. The van der Waals surface area contributed by atoms with Gasteiger partial charge >= 0.3 is 0 Å². The summed E-state index contributed by atoms with van der Waals surface area (Å²) in [6.45, 7) is 5.35. The quantitative estimate of drug-likeness (QED) is 0.699. The van der Waals surface area contributed by atoms with Gasteiger partial charge in [0.05, 0.1) is 11.4 Å². The lowest BCUT2D eigenvalue weighted by molar-refractivity contribution is 0.824. The molecule has 16 heavy (non-hydrogen) atoms. The Bertz CT molecular complexity index is 348. The van der Waals surface area contributed by atoms with Gasteiger partial charge in [0.25, 0.3) is 0 Å². The van der Waals surface area contributed by atoms with Gasteiger partial charge in [-0.3, -0.25) is 0 Å². The van der Waals surface area contributed by atoms with Crippen LogP contribution in [0.15, 0.2) is 12.2 Å². The second-order valence-electron chi connectivity index (χ2n) is 3.32. The molecular formula is C11H19N5. The van der Waals surface area contributed by atoms with Gasteiger partial charge < -0.3 is 11.1 Å². The van der Waals surface area contributed by atoms with Crippen molar-refractivity contribution in [1.29, 1.82) is 0 Å². The van der Waals surface area contributed by atoms with Crippen LogP contribution < -0.4 is 11.1 Å². The minimum Gasteiger partial charge on any atom is -0.349 e. The highest BCUT2D eigenvalue weighted by Gasteiger charge is 2.04. The zero-order valence-electron chi connectivity index (χ0n) is 9.90. The monoisotopic (exact) mass is 221 g/mol. The largest absolute Gasteiger partial charge is 0.349 e. The lowest BCUT2D eigenvalue weighted by Crippen LogP contribution is -2.09. The van der Waals surface area contributed by atoms with Crippen molar-refractivity contribution in [3.05, 3.63) is 23.5 Å². The van der Waals surface area contributed by atoms with Crippen LogP contribution in [0, 0.1) is 0 Å². The van der Waals surface area contributed by atoms with E-state index in [0.29, 0.717) is 19.0 Å². The molecule has 0 aliphatic carbocycles. The SMILES string of the molecule is CCc1nnc(NC/C=C/CN)nc1CC. The van der Waals surface area contributed by atoms with Gasteiger partial charge in [-0.05, 0) is 12.8 Å². The van der Waals surface area contributed by atoms with Crippen LogP contribution in [0.1, 0.15) is 25.2 Å². The van der Waals surface area contributed by atoms with E-state index < -0.39 is 0 Å². The Morgan fingerprint density at radius 1 is 1.12 bits per heavy atom. The van der Waals surface area contributed by atoms with Crippen molar-refractivity contribution >= 4 is 5.95 Å². The molecule has 0 fully saturated rings. The second-order valence-corrected chi connectivity index (χ2v) is 3.32. The minimum absolute atomic E-state index is 0.551.